The lowest BCUT2D eigenvalue weighted by molar-refractivity contribution is 0.0502. The number of benzene rings is 1. The van der Waals surface area contributed by atoms with Crippen LogP contribution in [0.3, 0.4) is 0 Å². The van der Waals surface area contributed by atoms with Gasteiger partial charge in [0.25, 0.3) is 0 Å². The maximum atomic E-state index is 12.0. The van der Waals surface area contributed by atoms with Crippen molar-refractivity contribution < 1.29 is 14.6 Å². The molecule has 0 amide bonds. The van der Waals surface area contributed by atoms with Crippen molar-refractivity contribution in [2.24, 2.45) is 0 Å². The fourth-order valence-corrected chi connectivity index (χ4v) is 2.34. The van der Waals surface area contributed by atoms with Crippen molar-refractivity contribution >= 4 is 34.2 Å². The van der Waals surface area contributed by atoms with E-state index in [4.69, 9.17) is 16.3 Å². The Labute approximate surface area is 147 Å². The van der Waals surface area contributed by atoms with Gasteiger partial charge in [0.05, 0.1) is 16.6 Å². The Morgan fingerprint density at radius 2 is 2.12 bits per heavy atom. The number of halogens is 1. The fraction of sp³-hybridized carbons (Fsp3) is 0.0588. The molecule has 1 aromatic carbocycles. The molecule has 0 aliphatic rings. The molecule has 3 aromatic rings. The van der Waals surface area contributed by atoms with Gasteiger partial charge >= 0.3 is 5.97 Å². The third-order valence-electron chi connectivity index (χ3n) is 3.35. The Bertz CT molecular complexity index is 987. The van der Waals surface area contributed by atoms with E-state index in [0.717, 1.165) is 5.52 Å². The topological polar surface area (TPSA) is 112 Å². The Balaban J connectivity index is 1.81. The normalized spacial score (nSPS) is 11.7. The minimum Gasteiger partial charge on any atom is -0.507 e. The molecule has 8 heteroatoms. The zero-order chi connectivity index (χ0) is 17.8. The molecule has 0 radical (unpaired) electrons. The lowest BCUT2D eigenvalue weighted by Crippen LogP contribution is -2.10. The van der Waals surface area contributed by atoms with Crippen molar-refractivity contribution in [3.8, 4) is 6.07 Å². The molecule has 7 nitrogen and oxygen atoms in total. The number of nitrogens with one attached hydrogen (secondary N) is 1. The lowest BCUT2D eigenvalue weighted by Gasteiger charge is -2.06. The van der Waals surface area contributed by atoms with Gasteiger partial charge in [0.2, 0.25) is 0 Å². The monoisotopic (exact) mass is 354 g/mol. The first-order valence-electron chi connectivity index (χ1n) is 7.15. The number of aromatic amines is 1. The van der Waals surface area contributed by atoms with E-state index < -0.39 is 18.3 Å². The van der Waals surface area contributed by atoms with Gasteiger partial charge in [-0.25, -0.2) is 14.8 Å². The number of esters is 1. The summed E-state index contributed by atoms with van der Waals surface area (Å²) in [6, 6.07) is 12.0. The van der Waals surface area contributed by atoms with Crippen LogP contribution in [0.4, 0.5) is 0 Å². The number of nitrogens with zero attached hydrogens (tertiary/aromatic N) is 3. The lowest BCUT2D eigenvalue weighted by atomic mass is 10.2. The van der Waals surface area contributed by atoms with E-state index in [-0.39, 0.29) is 22.1 Å². The third kappa shape index (κ3) is 3.44. The molecule has 0 unspecified atom stereocenters. The first-order chi connectivity index (χ1) is 12.1. The number of fused-ring (bicyclic) bond motifs is 1. The number of aromatic nitrogens is 3. The maximum Gasteiger partial charge on any atom is 0.341 e. The number of para-hydroxylation sites is 2. The second kappa shape index (κ2) is 7.03. The van der Waals surface area contributed by atoms with Crippen LogP contribution < -0.4 is 0 Å². The van der Waals surface area contributed by atoms with Crippen molar-refractivity contribution in [3.05, 3.63) is 64.9 Å². The number of H-pyrrole nitrogens is 1. The van der Waals surface area contributed by atoms with Crippen LogP contribution >= 0.6 is 11.6 Å². The Morgan fingerprint density at radius 3 is 2.84 bits per heavy atom. The molecule has 0 spiro atoms. The van der Waals surface area contributed by atoms with E-state index in [9.17, 15) is 15.2 Å². The Kier molecular flexibility index (Phi) is 4.64. The highest BCUT2D eigenvalue weighted by molar-refractivity contribution is 6.32. The number of imidazole rings is 1. The average molecular weight is 355 g/mol. The predicted octanol–water partition coefficient (Wildman–Crippen LogP) is 3.26. The molecule has 124 valence electrons. The van der Waals surface area contributed by atoms with E-state index in [1.54, 1.807) is 12.1 Å². The fourth-order valence-electron chi connectivity index (χ4n) is 2.15. The molecule has 25 heavy (non-hydrogen) atoms. The standard InChI is InChI=1S/C17H11ClN4O3/c18-15-10(4-3-7-20-15)17(24)25-9-14(23)11(8-19)16-21-12-5-1-2-6-13(12)22-16/h1-7,23H,9H2,(H,21,22)/b14-11-. The second-order valence-corrected chi connectivity index (χ2v) is 5.31. The number of aliphatic hydroxyl groups excluding tert-OH is 1. The van der Waals surface area contributed by atoms with E-state index >= 15 is 0 Å². The maximum absolute atomic E-state index is 12.0. The van der Waals surface area contributed by atoms with Crippen molar-refractivity contribution in [3.63, 3.8) is 0 Å². The van der Waals surface area contributed by atoms with Crippen molar-refractivity contribution in [1.29, 1.82) is 5.26 Å². The van der Waals surface area contributed by atoms with Crippen LogP contribution in [0, 0.1) is 11.3 Å². The van der Waals surface area contributed by atoms with Gasteiger partial charge in [-0.05, 0) is 24.3 Å². The highest BCUT2D eigenvalue weighted by Gasteiger charge is 2.17. The molecule has 0 fully saturated rings. The number of pyridine rings is 1. The Morgan fingerprint density at radius 1 is 1.32 bits per heavy atom. The van der Waals surface area contributed by atoms with Crippen molar-refractivity contribution in [1.82, 2.24) is 15.0 Å². The molecule has 0 atom stereocenters. The van der Waals surface area contributed by atoms with Crippen molar-refractivity contribution in [2.75, 3.05) is 6.61 Å². The number of hydrogen-bond acceptors (Lipinski definition) is 6. The molecule has 3 rings (SSSR count). The van der Waals surface area contributed by atoms with E-state index in [2.05, 4.69) is 15.0 Å². The average Bonchev–Trinajstić information content (AvgIpc) is 3.04. The third-order valence-corrected chi connectivity index (χ3v) is 3.65. The van der Waals surface area contributed by atoms with Crippen molar-refractivity contribution in [2.45, 2.75) is 0 Å². The van der Waals surface area contributed by atoms with Gasteiger partial charge in [0, 0.05) is 6.20 Å². The Hall–Kier alpha value is -3.37. The molecule has 0 bridgehead atoms. The number of carbonyl (C=O) groups is 1. The molecule has 2 N–H and O–H groups in total. The summed E-state index contributed by atoms with van der Waals surface area (Å²) >= 11 is 5.81. The number of hydrogen-bond donors (Lipinski definition) is 2. The highest BCUT2D eigenvalue weighted by atomic mass is 35.5. The quantitative estimate of drug-likeness (QED) is 0.322. The molecule has 0 saturated heterocycles. The number of aliphatic hydroxyl groups is 1. The smallest absolute Gasteiger partial charge is 0.341 e. The number of rotatable bonds is 4. The molecule has 0 saturated carbocycles. The van der Waals surface area contributed by atoms with E-state index in [1.807, 2.05) is 18.2 Å². The van der Waals surface area contributed by atoms with Crippen LogP contribution in [0.1, 0.15) is 16.2 Å². The first-order valence-corrected chi connectivity index (χ1v) is 7.53. The molecular formula is C17H11ClN4O3. The summed E-state index contributed by atoms with van der Waals surface area (Å²) in [4.78, 5) is 22.9. The van der Waals surface area contributed by atoms with E-state index in [1.165, 1.54) is 18.3 Å². The zero-order valence-electron chi connectivity index (χ0n) is 12.7. The highest BCUT2D eigenvalue weighted by Crippen LogP contribution is 2.19. The van der Waals surface area contributed by atoms with Crippen LogP contribution in [0.5, 0.6) is 0 Å². The first kappa shape index (κ1) is 16.5. The molecular weight excluding hydrogens is 344 g/mol. The SMILES string of the molecule is N#C/C(=C(/O)COC(=O)c1cccnc1Cl)c1nc2ccccc2[nH]1. The van der Waals surface area contributed by atoms with Gasteiger partial charge in [-0.1, -0.05) is 23.7 Å². The number of allylic oxidation sites excluding steroid dienone is 1. The van der Waals surface area contributed by atoms with Crippen LogP contribution in [0.2, 0.25) is 5.15 Å². The molecule has 2 aromatic heterocycles. The summed E-state index contributed by atoms with van der Waals surface area (Å²) in [5, 5.41) is 19.4. The number of nitriles is 1. The second-order valence-electron chi connectivity index (χ2n) is 4.95. The molecule has 0 aliphatic heterocycles. The van der Waals surface area contributed by atoms with Crippen LogP contribution in [-0.2, 0) is 4.74 Å². The molecule has 2 heterocycles. The summed E-state index contributed by atoms with van der Waals surface area (Å²) in [5.41, 5.74) is 1.33. The summed E-state index contributed by atoms with van der Waals surface area (Å²) in [7, 11) is 0. The summed E-state index contributed by atoms with van der Waals surface area (Å²) < 4.78 is 4.99. The predicted molar refractivity (Wildman–Crippen MR) is 90.8 cm³/mol. The van der Waals surface area contributed by atoms with Crippen LogP contribution in [-0.4, -0.2) is 32.6 Å². The number of ether oxygens (including phenoxy) is 1. The van der Waals surface area contributed by atoms with Gasteiger partial charge in [-0.3, -0.25) is 0 Å². The summed E-state index contributed by atoms with van der Waals surface area (Å²) in [5.74, 6) is -0.988. The van der Waals surface area contributed by atoms with E-state index in [0.29, 0.717) is 5.52 Å². The van der Waals surface area contributed by atoms with Gasteiger partial charge in [0.15, 0.2) is 11.6 Å². The van der Waals surface area contributed by atoms with Gasteiger partial charge in [0.1, 0.15) is 23.4 Å². The molecule has 0 aliphatic carbocycles. The summed E-state index contributed by atoms with van der Waals surface area (Å²) in [6.45, 7) is -0.496. The minimum absolute atomic E-state index is 0.00578. The van der Waals surface area contributed by atoms with Gasteiger partial charge in [-0.2, -0.15) is 5.26 Å². The van der Waals surface area contributed by atoms with Gasteiger partial charge in [-0.15, -0.1) is 0 Å². The van der Waals surface area contributed by atoms with Crippen LogP contribution in [0.15, 0.2) is 48.4 Å². The zero-order valence-corrected chi connectivity index (χ0v) is 13.5. The minimum atomic E-state index is -0.758. The largest absolute Gasteiger partial charge is 0.507 e. The van der Waals surface area contributed by atoms with Gasteiger partial charge < -0.3 is 14.8 Å². The number of carbonyl (C=O) groups excluding carboxylic acids is 1. The summed E-state index contributed by atoms with van der Waals surface area (Å²) in [6.07, 6.45) is 1.44. The van der Waals surface area contributed by atoms with Crippen LogP contribution in [0.25, 0.3) is 16.6 Å².